The van der Waals surface area contributed by atoms with Crippen LogP contribution in [0, 0.1) is 6.92 Å². The van der Waals surface area contributed by atoms with Gasteiger partial charge in [0.1, 0.15) is 4.83 Å². The van der Waals surface area contributed by atoms with E-state index in [4.69, 9.17) is 0 Å². The molecular weight excluding hydrogens is 224 g/mol. The van der Waals surface area contributed by atoms with Gasteiger partial charge in [0, 0.05) is 10.1 Å². The number of hydrogen-bond donors (Lipinski definition) is 2. The van der Waals surface area contributed by atoms with Gasteiger partial charge in [-0.1, -0.05) is 18.2 Å². The molecule has 0 unspecified atom stereocenters. The average Bonchev–Trinajstić information content (AvgIpc) is 2.59. The van der Waals surface area contributed by atoms with Gasteiger partial charge in [-0.05, 0) is 12.5 Å². The second-order valence-corrected chi connectivity index (χ2v) is 4.69. The van der Waals surface area contributed by atoms with Gasteiger partial charge in [0.05, 0.1) is 5.52 Å². The van der Waals surface area contributed by atoms with Crippen LogP contribution in [0.15, 0.2) is 27.8 Å². The van der Waals surface area contributed by atoms with Crippen LogP contribution in [0.3, 0.4) is 0 Å². The van der Waals surface area contributed by atoms with Crippen molar-refractivity contribution in [3.8, 4) is 0 Å². The molecule has 0 bridgehead atoms. The Balaban J connectivity index is 2.67. The first-order chi connectivity index (χ1) is 7.66. The molecule has 3 aromatic rings. The Hall–Kier alpha value is -1.88. The van der Waals surface area contributed by atoms with Crippen LogP contribution in [-0.2, 0) is 0 Å². The molecule has 16 heavy (non-hydrogen) atoms. The number of rotatable bonds is 0. The lowest BCUT2D eigenvalue weighted by molar-refractivity contribution is 1.16. The Morgan fingerprint density at radius 3 is 2.69 bits per heavy atom. The van der Waals surface area contributed by atoms with Crippen molar-refractivity contribution in [3.63, 3.8) is 0 Å². The number of H-pyrrole nitrogens is 2. The third-order valence-corrected chi connectivity index (χ3v) is 3.84. The quantitative estimate of drug-likeness (QED) is 0.580. The second kappa shape index (κ2) is 3.05. The maximum Gasteiger partial charge on any atom is 0.314 e. The third kappa shape index (κ3) is 1.15. The predicted octanol–water partition coefficient (Wildman–Crippen LogP) is 1.74. The van der Waals surface area contributed by atoms with E-state index in [9.17, 15) is 9.59 Å². The lowest BCUT2D eigenvalue weighted by atomic mass is 10.2. The highest BCUT2D eigenvalue weighted by atomic mass is 32.1. The first-order valence-corrected chi connectivity index (χ1v) is 5.63. The van der Waals surface area contributed by atoms with Gasteiger partial charge >= 0.3 is 11.1 Å². The number of benzene rings is 1. The van der Waals surface area contributed by atoms with Gasteiger partial charge in [0.2, 0.25) is 0 Å². The minimum atomic E-state index is -0.603. The van der Waals surface area contributed by atoms with E-state index in [0.29, 0.717) is 10.3 Å². The Kier molecular flexibility index (Phi) is 1.79. The molecule has 0 amide bonds. The van der Waals surface area contributed by atoms with Crippen LogP contribution in [0.2, 0.25) is 0 Å². The SMILES string of the molecule is Cc1cccc2c1sc1[nH]c(=O)c(=O)[nH]c12. The van der Waals surface area contributed by atoms with Crippen molar-refractivity contribution in [2.24, 2.45) is 0 Å². The summed E-state index contributed by atoms with van der Waals surface area (Å²) in [6.07, 6.45) is 0. The fourth-order valence-corrected chi connectivity index (χ4v) is 2.92. The molecule has 1 aromatic carbocycles. The second-order valence-electron chi connectivity index (χ2n) is 3.67. The zero-order valence-corrected chi connectivity index (χ0v) is 9.27. The van der Waals surface area contributed by atoms with Crippen LogP contribution in [0.4, 0.5) is 0 Å². The summed E-state index contributed by atoms with van der Waals surface area (Å²) < 4.78 is 1.09. The van der Waals surface area contributed by atoms with E-state index in [-0.39, 0.29) is 0 Å². The Labute approximate surface area is 93.6 Å². The number of hydrogen-bond acceptors (Lipinski definition) is 3. The molecule has 0 aliphatic carbocycles. The summed E-state index contributed by atoms with van der Waals surface area (Å²) in [6, 6.07) is 5.89. The van der Waals surface area contributed by atoms with Crippen LogP contribution >= 0.6 is 11.3 Å². The molecule has 2 N–H and O–H groups in total. The Morgan fingerprint density at radius 2 is 1.88 bits per heavy atom. The van der Waals surface area contributed by atoms with Gasteiger partial charge in [-0.15, -0.1) is 11.3 Å². The lowest BCUT2D eigenvalue weighted by Crippen LogP contribution is -2.28. The van der Waals surface area contributed by atoms with Crippen molar-refractivity contribution in [3.05, 3.63) is 44.5 Å². The van der Waals surface area contributed by atoms with Crippen LogP contribution in [0.5, 0.6) is 0 Å². The summed E-state index contributed by atoms with van der Waals surface area (Å²) in [5, 5.41) is 0.980. The standard InChI is InChI=1S/C11H8N2O2S/c1-5-3-2-4-6-7-11(16-8(5)6)13-10(15)9(14)12-7/h2-4H,1H3,(H,12,14)(H,13,15). The smallest absolute Gasteiger partial charge is 0.314 e. The summed E-state index contributed by atoms with van der Waals surface area (Å²) in [4.78, 5) is 28.4. The molecule has 2 aromatic heterocycles. The lowest BCUT2D eigenvalue weighted by Gasteiger charge is -1.93. The topological polar surface area (TPSA) is 65.7 Å². The Morgan fingerprint density at radius 1 is 1.12 bits per heavy atom. The van der Waals surface area contributed by atoms with Gasteiger partial charge in [-0.2, -0.15) is 0 Å². The molecule has 4 nitrogen and oxygen atoms in total. The first kappa shape index (κ1) is 9.35. The maximum atomic E-state index is 11.3. The van der Waals surface area contributed by atoms with Gasteiger partial charge in [0.25, 0.3) is 0 Å². The van der Waals surface area contributed by atoms with E-state index in [1.807, 2.05) is 25.1 Å². The summed E-state index contributed by atoms with van der Waals surface area (Å²) in [5.41, 5.74) is 0.652. The zero-order valence-electron chi connectivity index (χ0n) is 8.46. The van der Waals surface area contributed by atoms with Crippen LogP contribution in [-0.4, -0.2) is 9.97 Å². The highest BCUT2D eigenvalue weighted by Crippen LogP contribution is 2.31. The van der Waals surface area contributed by atoms with Crippen molar-refractivity contribution in [1.82, 2.24) is 9.97 Å². The molecule has 2 heterocycles. The van der Waals surface area contributed by atoms with Gasteiger partial charge in [0.15, 0.2) is 0 Å². The summed E-state index contributed by atoms with van der Waals surface area (Å²) in [5.74, 6) is 0. The van der Waals surface area contributed by atoms with Crippen LogP contribution in [0.1, 0.15) is 5.56 Å². The van der Waals surface area contributed by atoms with Gasteiger partial charge < -0.3 is 9.97 Å². The van der Waals surface area contributed by atoms with Crippen molar-refractivity contribution in [2.45, 2.75) is 6.92 Å². The molecule has 5 heteroatoms. The first-order valence-electron chi connectivity index (χ1n) is 4.81. The molecule has 0 saturated heterocycles. The highest BCUT2D eigenvalue weighted by molar-refractivity contribution is 7.25. The van der Waals surface area contributed by atoms with Gasteiger partial charge in [-0.3, -0.25) is 9.59 Å². The number of nitrogens with one attached hydrogen (secondary N) is 2. The minimum absolute atomic E-state index is 0.600. The van der Waals surface area contributed by atoms with E-state index in [2.05, 4.69) is 9.97 Å². The molecule has 0 aliphatic heterocycles. The van der Waals surface area contributed by atoms with Crippen LogP contribution < -0.4 is 11.1 Å². The molecule has 80 valence electrons. The molecular formula is C11H8N2O2S. The summed E-state index contributed by atoms with van der Waals surface area (Å²) in [6.45, 7) is 2.01. The normalized spacial score (nSPS) is 11.3. The molecule has 0 spiro atoms. The molecule has 0 radical (unpaired) electrons. The van der Waals surface area contributed by atoms with Crippen molar-refractivity contribution < 1.29 is 0 Å². The largest absolute Gasteiger partial charge is 0.315 e. The summed E-state index contributed by atoms with van der Waals surface area (Å²) >= 11 is 1.49. The van der Waals surface area contributed by atoms with E-state index in [0.717, 1.165) is 15.6 Å². The fourth-order valence-electron chi connectivity index (χ4n) is 1.80. The van der Waals surface area contributed by atoms with E-state index in [1.165, 1.54) is 11.3 Å². The van der Waals surface area contributed by atoms with E-state index >= 15 is 0 Å². The average molecular weight is 232 g/mol. The fraction of sp³-hybridized carbons (Fsp3) is 0.0909. The number of aromatic amines is 2. The van der Waals surface area contributed by atoms with Crippen molar-refractivity contribution in [2.75, 3.05) is 0 Å². The molecule has 3 rings (SSSR count). The molecule has 0 saturated carbocycles. The summed E-state index contributed by atoms with van der Waals surface area (Å²) in [7, 11) is 0. The van der Waals surface area contributed by atoms with Gasteiger partial charge in [-0.25, -0.2) is 0 Å². The minimum Gasteiger partial charge on any atom is -0.315 e. The Bertz CT molecular complexity index is 810. The molecule has 0 fully saturated rings. The number of fused-ring (bicyclic) bond motifs is 3. The molecule has 0 atom stereocenters. The highest BCUT2D eigenvalue weighted by Gasteiger charge is 2.08. The van der Waals surface area contributed by atoms with Crippen LogP contribution in [0.25, 0.3) is 20.4 Å². The molecule has 0 aliphatic rings. The maximum absolute atomic E-state index is 11.3. The number of aryl methyl sites for hydroxylation is 1. The van der Waals surface area contributed by atoms with E-state index in [1.54, 1.807) is 0 Å². The third-order valence-electron chi connectivity index (χ3n) is 2.58. The predicted molar refractivity (Wildman–Crippen MR) is 65.3 cm³/mol. The number of thiophene rings is 1. The zero-order chi connectivity index (χ0) is 11.3. The van der Waals surface area contributed by atoms with Crippen molar-refractivity contribution in [1.29, 1.82) is 0 Å². The van der Waals surface area contributed by atoms with E-state index < -0.39 is 11.1 Å². The van der Waals surface area contributed by atoms with Crippen molar-refractivity contribution >= 4 is 31.8 Å². The number of aromatic nitrogens is 2. The monoisotopic (exact) mass is 232 g/mol.